The van der Waals surface area contributed by atoms with Crippen molar-refractivity contribution in [3.63, 3.8) is 0 Å². The first-order chi connectivity index (χ1) is 7.97. The van der Waals surface area contributed by atoms with Gasteiger partial charge in [0, 0.05) is 20.3 Å². The highest BCUT2D eigenvalue weighted by Gasteiger charge is 2.16. The molecule has 96 valence electrons. The molecule has 1 N–H and O–H groups in total. The molecule has 6 heteroatoms. The molecule has 0 heterocycles. The molecule has 1 aromatic rings. The summed E-state index contributed by atoms with van der Waals surface area (Å²) in [5, 5.41) is 0.240. The third kappa shape index (κ3) is 4.27. The topological polar surface area (TPSA) is 55.4 Å². The molecule has 0 spiro atoms. The summed E-state index contributed by atoms with van der Waals surface area (Å²) in [5.41, 5.74) is 0.924. The zero-order valence-electron chi connectivity index (χ0n) is 9.86. The highest BCUT2D eigenvalue weighted by molar-refractivity contribution is 7.89. The fraction of sp³-hybridized carbons (Fsp3) is 0.455. The molecule has 4 nitrogen and oxygen atoms in total. The Bertz CT molecular complexity index is 474. The third-order valence-electron chi connectivity index (χ3n) is 2.19. The van der Waals surface area contributed by atoms with Gasteiger partial charge >= 0.3 is 0 Å². The number of methoxy groups -OCH3 is 1. The Morgan fingerprint density at radius 1 is 1.41 bits per heavy atom. The molecule has 17 heavy (non-hydrogen) atoms. The molecule has 0 bridgehead atoms. The van der Waals surface area contributed by atoms with E-state index in [-0.39, 0.29) is 9.92 Å². The van der Waals surface area contributed by atoms with Crippen molar-refractivity contribution in [2.45, 2.75) is 18.2 Å². The Kier molecular flexibility index (Phi) is 5.39. The van der Waals surface area contributed by atoms with Crippen LogP contribution in [-0.2, 0) is 14.8 Å². The standard InChI is InChI=1S/C11H16ClNO3S/c1-9-4-5-11(10(12)8-9)17(14,15)13-6-3-7-16-2/h4-5,8,13H,3,6-7H2,1-2H3. The Balaban J connectivity index is 2.76. The quantitative estimate of drug-likeness (QED) is 0.809. The summed E-state index contributed by atoms with van der Waals surface area (Å²) in [6.07, 6.45) is 0.624. The normalized spacial score (nSPS) is 11.7. The first-order valence-corrected chi connectivity index (χ1v) is 7.08. The molecule has 0 unspecified atom stereocenters. The second-order valence-electron chi connectivity index (χ2n) is 3.68. The van der Waals surface area contributed by atoms with Crippen molar-refractivity contribution in [1.29, 1.82) is 0 Å². The van der Waals surface area contributed by atoms with Crippen molar-refractivity contribution in [2.24, 2.45) is 0 Å². The van der Waals surface area contributed by atoms with E-state index in [1.807, 2.05) is 6.92 Å². The van der Waals surface area contributed by atoms with E-state index in [4.69, 9.17) is 16.3 Å². The monoisotopic (exact) mass is 277 g/mol. The Labute approximate surface area is 107 Å². The van der Waals surface area contributed by atoms with E-state index in [0.717, 1.165) is 5.56 Å². The van der Waals surface area contributed by atoms with Crippen molar-refractivity contribution in [1.82, 2.24) is 4.72 Å². The van der Waals surface area contributed by atoms with Crippen LogP contribution < -0.4 is 4.72 Å². The lowest BCUT2D eigenvalue weighted by Crippen LogP contribution is -2.25. The minimum Gasteiger partial charge on any atom is -0.385 e. The van der Waals surface area contributed by atoms with E-state index < -0.39 is 10.0 Å². The molecular formula is C11H16ClNO3S. The van der Waals surface area contributed by atoms with Gasteiger partial charge in [0.25, 0.3) is 0 Å². The van der Waals surface area contributed by atoms with Gasteiger partial charge in [0.05, 0.1) is 5.02 Å². The van der Waals surface area contributed by atoms with Gasteiger partial charge in [0.15, 0.2) is 0 Å². The predicted molar refractivity (Wildman–Crippen MR) is 67.9 cm³/mol. The molecule has 0 aromatic heterocycles. The molecule has 1 aromatic carbocycles. The van der Waals surface area contributed by atoms with E-state index in [1.54, 1.807) is 19.2 Å². The van der Waals surface area contributed by atoms with E-state index in [0.29, 0.717) is 19.6 Å². The van der Waals surface area contributed by atoms with Crippen LogP contribution in [0.2, 0.25) is 5.02 Å². The summed E-state index contributed by atoms with van der Waals surface area (Å²) in [5.74, 6) is 0. The maximum Gasteiger partial charge on any atom is 0.242 e. The van der Waals surface area contributed by atoms with Crippen molar-refractivity contribution < 1.29 is 13.2 Å². The predicted octanol–water partition coefficient (Wildman–Crippen LogP) is 1.96. The highest BCUT2D eigenvalue weighted by Crippen LogP contribution is 2.22. The van der Waals surface area contributed by atoms with Gasteiger partial charge in [-0.05, 0) is 31.0 Å². The van der Waals surface area contributed by atoms with Crippen LogP contribution >= 0.6 is 11.6 Å². The molecule has 0 radical (unpaired) electrons. The van der Waals surface area contributed by atoms with Gasteiger partial charge in [-0.25, -0.2) is 13.1 Å². The molecule has 0 amide bonds. The summed E-state index contributed by atoms with van der Waals surface area (Å²) in [7, 11) is -1.95. The molecule has 0 aliphatic carbocycles. The maximum absolute atomic E-state index is 11.9. The number of sulfonamides is 1. The van der Waals surface area contributed by atoms with E-state index >= 15 is 0 Å². The van der Waals surface area contributed by atoms with Crippen LogP contribution in [0.5, 0.6) is 0 Å². The number of halogens is 1. The lowest BCUT2D eigenvalue weighted by molar-refractivity contribution is 0.196. The van der Waals surface area contributed by atoms with Gasteiger partial charge in [-0.2, -0.15) is 0 Å². The summed E-state index contributed by atoms with van der Waals surface area (Å²) >= 11 is 5.91. The Morgan fingerprint density at radius 3 is 2.71 bits per heavy atom. The van der Waals surface area contributed by atoms with Crippen LogP contribution in [0.3, 0.4) is 0 Å². The van der Waals surface area contributed by atoms with Crippen LogP contribution in [0.15, 0.2) is 23.1 Å². The van der Waals surface area contributed by atoms with Gasteiger partial charge < -0.3 is 4.74 Å². The van der Waals surface area contributed by atoms with Crippen LogP contribution in [0, 0.1) is 6.92 Å². The van der Waals surface area contributed by atoms with E-state index in [2.05, 4.69) is 4.72 Å². The van der Waals surface area contributed by atoms with Gasteiger partial charge in [-0.15, -0.1) is 0 Å². The second-order valence-corrected chi connectivity index (χ2v) is 5.82. The average Bonchev–Trinajstić information content (AvgIpc) is 2.24. The molecule has 0 fully saturated rings. The Morgan fingerprint density at radius 2 is 2.12 bits per heavy atom. The number of hydrogen-bond donors (Lipinski definition) is 1. The summed E-state index contributed by atoms with van der Waals surface area (Å²) < 4.78 is 31.1. The second kappa shape index (κ2) is 6.35. The SMILES string of the molecule is COCCCNS(=O)(=O)c1ccc(C)cc1Cl. The third-order valence-corrected chi connectivity index (χ3v) is 4.14. The number of nitrogens with one attached hydrogen (secondary N) is 1. The summed E-state index contributed by atoms with van der Waals surface area (Å²) in [6, 6.07) is 4.86. The van der Waals surface area contributed by atoms with Gasteiger partial charge in [-0.3, -0.25) is 0 Å². The summed E-state index contributed by atoms with van der Waals surface area (Å²) in [6.45, 7) is 2.71. The molecule has 0 atom stereocenters. The fourth-order valence-corrected chi connectivity index (χ4v) is 3.00. The van der Waals surface area contributed by atoms with Crippen molar-refractivity contribution in [3.8, 4) is 0 Å². The lowest BCUT2D eigenvalue weighted by Gasteiger charge is -2.08. The number of hydrogen-bond acceptors (Lipinski definition) is 3. The van der Waals surface area contributed by atoms with Crippen molar-refractivity contribution in [3.05, 3.63) is 28.8 Å². The molecule has 0 saturated carbocycles. The van der Waals surface area contributed by atoms with Crippen LogP contribution in [0.1, 0.15) is 12.0 Å². The van der Waals surface area contributed by atoms with E-state index in [1.165, 1.54) is 6.07 Å². The number of benzene rings is 1. The number of aryl methyl sites for hydroxylation is 1. The molecule has 0 aliphatic rings. The molecule has 0 saturated heterocycles. The smallest absolute Gasteiger partial charge is 0.242 e. The summed E-state index contributed by atoms with van der Waals surface area (Å²) in [4.78, 5) is 0.113. The van der Waals surface area contributed by atoms with Crippen LogP contribution in [0.25, 0.3) is 0 Å². The number of ether oxygens (including phenoxy) is 1. The molecule has 0 aliphatic heterocycles. The zero-order chi connectivity index (χ0) is 12.9. The van der Waals surface area contributed by atoms with Crippen LogP contribution in [0.4, 0.5) is 0 Å². The molecule has 1 rings (SSSR count). The van der Waals surface area contributed by atoms with E-state index in [9.17, 15) is 8.42 Å². The lowest BCUT2D eigenvalue weighted by atomic mass is 10.2. The highest BCUT2D eigenvalue weighted by atomic mass is 35.5. The Hall–Kier alpha value is -0.620. The van der Waals surface area contributed by atoms with Gasteiger partial charge in [-0.1, -0.05) is 17.7 Å². The minimum absolute atomic E-state index is 0.113. The maximum atomic E-state index is 11.9. The van der Waals surface area contributed by atoms with Crippen molar-refractivity contribution >= 4 is 21.6 Å². The zero-order valence-corrected chi connectivity index (χ0v) is 11.4. The van der Waals surface area contributed by atoms with Crippen LogP contribution in [-0.4, -0.2) is 28.7 Å². The van der Waals surface area contributed by atoms with Crippen molar-refractivity contribution in [2.75, 3.05) is 20.3 Å². The van der Waals surface area contributed by atoms with Gasteiger partial charge in [0.1, 0.15) is 4.90 Å². The molecular weight excluding hydrogens is 262 g/mol. The average molecular weight is 278 g/mol. The first-order valence-electron chi connectivity index (χ1n) is 5.22. The minimum atomic E-state index is -3.53. The van der Waals surface area contributed by atoms with Gasteiger partial charge in [0.2, 0.25) is 10.0 Å². The fourth-order valence-electron chi connectivity index (χ4n) is 1.32. The number of rotatable bonds is 6. The largest absolute Gasteiger partial charge is 0.385 e. The first kappa shape index (κ1) is 14.4.